The van der Waals surface area contributed by atoms with Gasteiger partial charge in [0.1, 0.15) is 5.54 Å². The van der Waals surface area contributed by atoms with Crippen molar-refractivity contribution >= 4 is 5.97 Å². The predicted octanol–water partition coefficient (Wildman–Crippen LogP) is 0.392. The van der Waals surface area contributed by atoms with Gasteiger partial charge in [-0.05, 0) is 26.7 Å². The molecule has 104 valence electrons. The molecule has 1 saturated carbocycles. The molecule has 0 aromatic heterocycles. The summed E-state index contributed by atoms with van der Waals surface area (Å²) in [5.41, 5.74) is -0.589. The average Bonchev–Trinajstić information content (AvgIpc) is 3.14. The molecular weight excluding hydrogens is 232 g/mol. The highest BCUT2D eigenvalue weighted by molar-refractivity contribution is 5.80. The van der Waals surface area contributed by atoms with Gasteiger partial charge in [-0.3, -0.25) is 15.0 Å². The fraction of sp³-hybridized carbons (Fsp3) is 0.923. The highest BCUT2D eigenvalue weighted by Gasteiger charge is 2.41. The Kier molecular flexibility index (Phi) is 4.59. The van der Waals surface area contributed by atoms with Crippen LogP contribution in [0.3, 0.4) is 0 Å². The first-order valence-corrected chi connectivity index (χ1v) is 6.89. The summed E-state index contributed by atoms with van der Waals surface area (Å²) in [7, 11) is 0. The summed E-state index contributed by atoms with van der Waals surface area (Å²) in [6, 6.07) is 0.487. The smallest absolute Gasteiger partial charge is 0.327 e. The van der Waals surface area contributed by atoms with Crippen molar-refractivity contribution in [3.8, 4) is 0 Å². The van der Waals surface area contributed by atoms with Gasteiger partial charge in [0.15, 0.2) is 0 Å². The van der Waals surface area contributed by atoms with Gasteiger partial charge in [-0.15, -0.1) is 0 Å². The minimum Gasteiger partial charge on any atom is -0.465 e. The molecule has 0 aromatic carbocycles. The van der Waals surface area contributed by atoms with Gasteiger partial charge in [-0.2, -0.15) is 0 Å². The summed E-state index contributed by atoms with van der Waals surface area (Å²) in [5, 5.41) is 3.44. The lowest BCUT2D eigenvalue weighted by molar-refractivity contribution is -0.152. The van der Waals surface area contributed by atoms with Crippen LogP contribution < -0.4 is 5.32 Å². The van der Waals surface area contributed by atoms with E-state index < -0.39 is 5.54 Å². The van der Waals surface area contributed by atoms with Crippen molar-refractivity contribution in [3.05, 3.63) is 0 Å². The maximum absolute atomic E-state index is 12.2. The number of esters is 1. The second-order valence-electron chi connectivity index (χ2n) is 5.36. The van der Waals surface area contributed by atoms with Crippen LogP contribution in [-0.4, -0.2) is 61.9 Å². The molecule has 5 nitrogen and oxygen atoms in total. The Morgan fingerprint density at radius 2 is 2.11 bits per heavy atom. The molecule has 0 spiro atoms. The monoisotopic (exact) mass is 256 g/mol. The highest BCUT2D eigenvalue weighted by atomic mass is 16.5. The van der Waals surface area contributed by atoms with Crippen LogP contribution in [0.2, 0.25) is 0 Å². The Balaban J connectivity index is 1.95. The summed E-state index contributed by atoms with van der Waals surface area (Å²) in [6.07, 6.45) is 2.33. The highest BCUT2D eigenvalue weighted by Crippen LogP contribution is 2.24. The first-order chi connectivity index (χ1) is 8.64. The van der Waals surface area contributed by atoms with Crippen LogP contribution in [0, 0.1) is 0 Å². The molecule has 1 aliphatic carbocycles. The van der Waals surface area contributed by atoms with Gasteiger partial charge in [0.25, 0.3) is 0 Å². The van der Waals surface area contributed by atoms with E-state index in [1.165, 1.54) is 0 Å². The van der Waals surface area contributed by atoms with Gasteiger partial charge in [-0.25, -0.2) is 0 Å². The van der Waals surface area contributed by atoms with Gasteiger partial charge in [0, 0.05) is 25.7 Å². The summed E-state index contributed by atoms with van der Waals surface area (Å²) < 4.78 is 10.6. The quantitative estimate of drug-likeness (QED) is 0.697. The summed E-state index contributed by atoms with van der Waals surface area (Å²) >= 11 is 0. The number of morpholine rings is 1. The normalized spacial score (nSPS) is 24.6. The molecule has 2 rings (SSSR count). The Morgan fingerprint density at radius 1 is 1.44 bits per heavy atom. The van der Waals surface area contributed by atoms with E-state index in [9.17, 15) is 4.79 Å². The molecule has 1 atom stereocenters. The molecule has 0 bridgehead atoms. The Labute approximate surface area is 109 Å². The summed E-state index contributed by atoms with van der Waals surface area (Å²) in [6.45, 7) is 8.23. The van der Waals surface area contributed by atoms with E-state index in [4.69, 9.17) is 9.47 Å². The molecule has 5 heteroatoms. The van der Waals surface area contributed by atoms with Crippen molar-refractivity contribution in [2.24, 2.45) is 0 Å². The number of carbonyl (C=O) groups excluding carboxylic acids is 1. The van der Waals surface area contributed by atoms with Crippen LogP contribution in [-0.2, 0) is 14.3 Å². The number of hydrogen-bond donors (Lipinski definition) is 1. The lowest BCUT2D eigenvalue weighted by Gasteiger charge is -2.36. The SMILES string of the molecule is CCOC(=O)C(C)(CN1CCOCC1)NC1CC1. The average molecular weight is 256 g/mol. The molecule has 1 heterocycles. The van der Waals surface area contributed by atoms with E-state index in [1.54, 1.807) is 0 Å². The van der Waals surface area contributed by atoms with Crippen molar-refractivity contribution in [2.75, 3.05) is 39.5 Å². The van der Waals surface area contributed by atoms with Crippen LogP contribution in [0.25, 0.3) is 0 Å². The topological polar surface area (TPSA) is 50.8 Å². The third-order valence-corrected chi connectivity index (χ3v) is 3.47. The first-order valence-electron chi connectivity index (χ1n) is 6.89. The molecule has 1 saturated heterocycles. The van der Waals surface area contributed by atoms with E-state index >= 15 is 0 Å². The molecule has 1 aliphatic heterocycles. The van der Waals surface area contributed by atoms with E-state index in [0.717, 1.165) is 39.1 Å². The molecule has 2 aliphatic rings. The summed E-state index contributed by atoms with van der Waals surface area (Å²) in [5.74, 6) is -0.136. The number of hydrogen-bond acceptors (Lipinski definition) is 5. The van der Waals surface area contributed by atoms with Crippen molar-refractivity contribution < 1.29 is 14.3 Å². The Bertz CT molecular complexity index is 288. The zero-order valence-corrected chi connectivity index (χ0v) is 11.4. The molecule has 2 fully saturated rings. The fourth-order valence-electron chi connectivity index (χ4n) is 2.34. The minimum absolute atomic E-state index is 0.136. The molecule has 0 radical (unpaired) electrons. The van der Waals surface area contributed by atoms with E-state index in [0.29, 0.717) is 19.2 Å². The molecule has 1 N–H and O–H groups in total. The third-order valence-electron chi connectivity index (χ3n) is 3.47. The number of nitrogens with zero attached hydrogens (tertiary/aromatic N) is 1. The standard InChI is InChI=1S/C13H24N2O3/c1-3-18-12(16)13(2,14-11-4-5-11)10-15-6-8-17-9-7-15/h11,14H,3-10H2,1-2H3. The zero-order valence-electron chi connectivity index (χ0n) is 11.4. The number of rotatable bonds is 6. The van der Waals surface area contributed by atoms with Crippen LogP contribution in [0.15, 0.2) is 0 Å². The van der Waals surface area contributed by atoms with E-state index in [-0.39, 0.29) is 5.97 Å². The number of carbonyl (C=O) groups is 1. The largest absolute Gasteiger partial charge is 0.465 e. The van der Waals surface area contributed by atoms with Crippen molar-refractivity contribution in [2.45, 2.75) is 38.3 Å². The molecule has 1 unspecified atom stereocenters. The fourth-order valence-corrected chi connectivity index (χ4v) is 2.34. The maximum atomic E-state index is 12.2. The van der Waals surface area contributed by atoms with E-state index in [1.807, 2.05) is 13.8 Å². The van der Waals surface area contributed by atoms with Gasteiger partial charge >= 0.3 is 5.97 Å². The predicted molar refractivity (Wildman–Crippen MR) is 68.5 cm³/mol. The Hall–Kier alpha value is -0.650. The second-order valence-corrected chi connectivity index (χ2v) is 5.36. The van der Waals surface area contributed by atoms with Crippen molar-refractivity contribution in [3.63, 3.8) is 0 Å². The molecule has 0 aromatic rings. The summed E-state index contributed by atoms with van der Waals surface area (Å²) in [4.78, 5) is 14.4. The van der Waals surface area contributed by atoms with Crippen LogP contribution >= 0.6 is 0 Å². The maximum Gasteiger partial charge on any atom is 0.327 e. The number of ether oxygens (including phenoxy) is 2. The van der Waals surface area contributed by atoms with Gasteiger partial charge in [0.05, 0.1) is 19.8 Å². The zero-order chi connectivity index (χ0) is 13.0. The number of nitrogens with one attached hydrogen (secondary N) is 1. The van der Waals surface area contributed by atoms with Crippen LogP contribution in [0.5, 0.6) is 0 Å². The van der Waals surface area contributed by atoms with Crippen LogP contribution in [0.4, 0.5) is 0 Å². The second kappa shape index (κ2) is 5.99. The van der Waals surface area contributed by atoms with Gasteiger partial charge in [0.2, 0.25) is 0 Å². The molecule has 0 amide bonds. The third kappa shape index (κ3) is 3.67. The molecule has 18 heavy (non-hydrogen) atoms. The minimum atomic E-state index is -0.589. The molecular formula is C13H24N2O3. The Morgan fingerprint density at radius 3 is 2.67 bits per heavy atom. The van der Waals surface area contributed by atoms with Gasteiger partial charge < -0.3 is 9.47 Å². The lowest BCUT2D eigenvalue weighted by atomic mass is 10.0. The van der Waals surface area contributed by atoms with Gasteiger partial charge in [-0.1, -0.05) is 0 Å². The van der Waals surface area contributed by atoms with Crippen molar-refractivity contribution in [1.29, 1.82) is 0 Å². The lowest BCUT2D eigenvalue weighted by Crippen LogP contribution is -2.59. The van der Waals surface area contributed by atoms with Crippen LogP contribution in [0.1, 0.15) is 26.7 Å². The van der Waals surface area contributed by atoms with E-state index in [2.05, 4.69) is 10.2 Å². The van der Waals surface area contributed by atoms with Crippen molar-refractivity contribution in [1.82, 2.24) is 10.2 Å². The first kappa shape index (κ1) is 13.8.